The first-order chi connectivity index (χ1) is 13.1. The zero-order valence-electron chi connectivity index (χ0n) is 17.2. The maximum absolute atomic E-state index is 5.97. The smallest absolute Gasteiger partial charge is 0.249 e. The van der Waals surface area contributed by atoms with E-state index in [1.807, 2.05) is 12.1 Å². The first kappa shape index (κ1) is 17.2. The maximum Gasteiger partial charge on any atom is 0.249 e. The minimum Gasteiger partial charge on any atom is -0.436 e. The van der Waals surface area contributed by atoms with Gasteiger partial charge in [-0.15, -0.1) is 0 Å². The van der Waals surface area contributed by atoms with Gasteiger partial charge in [-0.1, -0.05) is 53.7 Å². The lowest BCUT2D eigenvalue weighted by molar-refractivity contribution is 0.590. The van der Waals surface area contributed by atoms with Gasteiger partial charge in [0.05, 0.1) is 0 Å². The lowest BCUT2D eigenvalue weighted by atomic mass is 9.86. The Morgan fingerprint density at radius 3 is 1.43 bits per heavy atom. The summed E-state index contributed by atoms with van der Waals surface area (Å²) in [7, 11) is 0. The molecule has 0 spiro atoms. The predicted molar refractivity (Wildman–Crippen MR) is 114 cm³/mol. The fourth-order valence-corrected chi connectivity index (χ4v) is 3.65. The van der Waals surface area contributed by atoms with Crippen molar-refractivity contribution in [2.45, 2.75) is 52.4 Å². The van der Waals surface area contributed by atoms with E-state index >= 15 is 0 Å². The molecular weight excluding hydrogens is 348 g/mol. The molecule has 0 saturated heterocycles. The van der Waals surface area contributed by atoms with Gasteiger partial charge in [0, 0.05) is 10.8 Å². The number of nitrogens with zero attached hydrogens (tertiary/aromatic N) is 2. The Morgan fingerprint density at radius 2 is 1.04 bits per heavy atom. The highest BCUT2D eigenvalue weighted by atomic mass is 16.4. The van der Waals surface area contributed by atoms with E-state index in [0.29, 0.717) is 11.4 Å². The van der Waals surface area contributed by atoms with Crippen LogP contribution in [0.5, 0.6) is 0 Å². The van der Waals surface area contributed by atoms with Crippen molar-refractivity contribution in [3.05, 3.63) is 47.5 Å². The molecule has 0 bridgehead atoms. The molecule has 0 fully saturated rings. The van der Waals surface area contributed by atoms with Gasteiger partial charge in [0.15, 0.2) is 0 Å². The highest BCUT2D eigenvalue weighted by Crippen LogP contribution is 2.35. The molecule has 2 aromatic carbocycles. The van der Waals surface area contributed by atoms with Crippen molar-refractivity contribution in [1.82, 2.24) is 9.97 Å². The normalized spacial score (nSPS) is 13.4. The van der Waals surface area contributed by atoms with Crippen LogP contribution in [0.4, 0.5) is 0 Å². The number of fused-ring (bicyclic) bond motifs is 6. The summed E-state index contributed by atoms with van der Waals surface area (Å²) < 4.78 is 11.9. The minimum absolute atomic E-state index is 0.0548. The quantitative estimate of drug-likeness (QED) is 0.297. The first-order valence-corrected chi connectivity index (χ1v) is 9.69. The van der Waals surface area contributed by atoms with Crippen molar-refractivity contribution in [1.29, 1.82) is 0 Å². The third kappa shape index (κ3) is 2.51. The summed E-state index contributed by atoms with van der Waals surface area (Å²) in [6.07, 6.45) is 0. The molecule has 0 amide bonds. The second kappa shape index (κ2) is 5.34. The number of furan rings is 2. The van der Waals surface area contributed by atoms with Crippen molar-refractivity contribution in [3.8, 4) is 0 Å². The third-order valence-corrected chi connectivity index (χ3v) is 5.45. The second-order valence-electron chi connectivity index (χ2n) is 9.66. The predicted octanol–water partition coefficient (Wildman–Crippen LogP) is 6.87. The average Bonchev–Trinajstić information content (AvgIpc) is 3.14. The molecule has 5 rings (SSSR count). The molecule has 0 radical (unpaired) electrons. The molecular formula is C24H24N2O2. The molecule has 4 heteroatoms. The van der Waals surface area contributed by atoms with Crippen LogP contribution >= 0.6 is 0 Å². The standard InChI is InChI=1S/C24H24N2O2/c1-23(2,3)13-7-9-17-15(11-13)19-21(27-17)26-22-20(25-19)16-12-14(24(4,5)6)8-10-18(16)28-22/h7-12H,1-6H3. The Morgan fingerprint density at radius 1 is 0.607 bits per heavy atom. The Kier molecular flexibility index (Phi) is 3.29. The summed E-state index contributed by atoms with van der Waals surface area (Å²) in [6, 6.07) is 12.6. The maximum atomic E-state index is 5.97. The van der Waals surface area contributed by atoms with Crippen LogP contribution in [-0.4, -0.2) is 9.97 Å². The van der Waals surface area contributed by atoms with E-state index in [1.165, 1.54) is 11.1 Å². The molecule has 0 saturated carbocycles. The van der Waals surface area contributed by atoms with Crippen LogP contribution in [0.1, 0.15) is 52.7 Å². The molecule has 28 heavy (non-hydrogen) atoms. The van der Waals surface area contributed by atoms with Crippen molar-refractivity contribution < 1.29 is 8.83 Å². The summed E-state index contributed by atoms with van der Waals surface area (Å²) in [5, 5.41) is 2.00. The van der Waals surface area contributed by atoms with E-state index in [0.717, 1.165) is 33.0 Å². The second-order valence-corrected chi connectivity index (χ2v) is 9.66. The fraction of sp³-hybridized carbons (Fsp3) is 0.333. The zero-order chi connectivity index (χ0) is 19.8. The SMILES string of the molecule is CC(C)(C)c1ccc2oc3nc4oc5ccc(C(C)(C)C)cc5c4nc3c2c1. The molecule has 4 nitrogen and oxygen atoms in total. The van der Waals surface area contributed by atoms with Gasteiger partial charge in [-0.05, 0) is 46.2 Å². The Balaban J connectivity index is 1.85. The average molecular weight is 372 g/mol. The van der Waals surface area contributed by atoms with Crippen LogP contribution in [0.15, 0.2) is 45.2 Å². The van der Waals surface area contributed by atoms with Gasteiger partial charge < -0.3 is 8.83 Å². The molecule has 3 heterocycles. The summed E-state index contributed by atoms with van der Waals surface area (Å²) in [5.41, 5.74) is 6.82. The Labute approximate surface area is 163 Å². The molecule has 0 N–H and O–H groups in total. The van der Waals surface area contributed by atoms with E-state index in [2.05, 4.69) is 70.8 Å². The molecule has 0 aliphatic rings. The Hall–Kier alpha value is -2.88. The molecule has 3 aromatic heterocycles. The first-order valence-electron chi connectivity index (χ1n) is 9.69. The van der Waals surface area contributed by atoms with Crippen LogP contribution in [0, 0.1) is 0 Å². The van der Waals surface area contributed by atoms with E-state index in [4.69, 9.17) is 13.8 Å². The number of hydrogen-bond acceptors (Lipinski definition) is 4. The number of aromatic nitrogens is 2. The van der Waals surface area contributed by atoms with Gasteiger partial charge in [0.2, 0.25) is 11.4 Å². The van der Waals surface area contributed by atoms with Crippen LogP contribution in [0.2, 0.25) is 0 Å². The Bertz CT molecular complexity index is 1270. The highest BCUT2D eigenvalue weighted by Gasteiger charge is 2.21. The number of benzene rings is 2. The van der Waals surface area contributed by atoms with Crippen LogP contribution in [-0.2, 0) is 10.8 Å². The van der Waals surface area contributed by atoms with Crippen molar-refractivity contribution in [3.63, 3.8) is 0 Å². The van der Waals surface area contributed by atoms with E-state index in [1.54, 1.807) is 0 Å². The summed E-state index contributed by atoms with van der Waals surface area (Å²) in [6.45, 7) is 13.2. The largest absolute Gasteiger partial charge is 0.436 e. The molecule has 0 unspecified atom stereocenters. The minimum atomic E-state index is 0.0548. The third-order valence-electron chi connectivity index (χ3n) is 5.45. The lowest BCUT2D eigenvalue weighted by Gasteiger charge is -2.18. The van der Waals surface area contributed by atoms with Gasteiger partial charge in [-0.3, -0.25) is 0 Å². The van der Waals surface area contributed by atoms with Crippen molar-refractivity contribution in [2.75, 3.05) is 0 Å². The molecule has 0 aliphatic heterocycles. The monoisotopic (exact) mass is 372 g/mol. The molecule has 0 atom stereocenters. The van der Waals surface area contributed by atoms with E-state index in [-0.39, 0.29) is 10.8 Å². The lowest BCUT2D eigenvalue weighted by Crippen LogP contribution is -2.10. The van der Waals surface area contributed by atoms with Crippen LogP contribution in [0.3, 0.4) is 0 Å². The van der Waals surface area contributed by atoms with Gasteiger partial charge in [-0.2, -0.15) is 4.98 Å². The number of rotatable bonds is 0. The zero-order valence-corrected chi connectivity index (χ0v) is 17.2. The molecule has 0 aliphatic carbocycles. The van der Waals surface area contributed by atoms with E-state index < -0.39 is 0 Å². The van der Waals surface area contributed by atoms with E-state index in [9.17, 15) is 0 Å². The fourth-order valence-electron chi connectivity index (χ4n) is 3.65. The molecule has 142 valence electrons. The molecule has 5 aromatic rings. The highest BCUT2D eigenvalue weighted by molar-refractivity contribution is 6.08. The van der Waals surface area contributed by atoms with Crippen LogP contribution in [0.25, 0.3) is 44.4 Å². The van der Waals surface area contributed by atoms with Gasteiger partial charge in [-0.25, -0.2) is 4.98 Å². The summed E-state index contributed by atoms with van der Waals surface area (Å²) in [4.78, 5) is 9.59. The van der Waals surface area contributed by atoms with Crippen molar-refractivity contribution in [2.24, 2.45) is 0 Å². The van der Waals surface area contributed by atoms with Gasteiger partial charge in [0.1, 0.15) is 22.2 Å². The number of hydrogen-bond donors (Lipinski definition) is 0. The topological polar surface area (TPSA) is 52.1 Å². The summed E-state index contributed by atoms with van der Waals surface area (Å²) in [5.74, 6) is 0. The van der Waals surface area contributed by atoms with Gasteiger partial charge in [0.25, 0.3) is 0 Å². The van der Waals surface area contributed by atoms with Crippen molar-refractivity contribution >= 4 is 44.4 Å². The summed E-state index contributed by atoms with van der Waals surface area (Å²) >= 11 is 0. The van der Waals surface area contributed by atoms with Gasteiger partial charge >= 0.3 is 0 Å². The van der Waals surface area contributed by atoms with Crippen LogP contribution < -0.4 is 0 Å².